The van der Waals surface area contributed by atoms with Crippen molar-refractivity contribution in [2.24, 2.45) is 0 Å². The van der Waals surface area contributed by atoms with Crippen molar-refractivity contribution in [2.75, 3.05) is 37.2 Å². The molecule has 0 saturated heterocycles. The summed E-state index contributed by atoms with van der Waals surface area (Å²) in [5.74, 6) is 0. The minimum absolute atomic E-state index is 0.790. The second kappa shape index (κ2) is 7.56. The molecule has 96 valence electrons. The van der Waals surface area contributed by atoms with Gasteiger partial charge < -0.3 is 16.0 Å². The van der Waals surface area contributed by atoms with Crippen LogP contribution in [-0.2, 0) is 0 Å². The van der Waals surface area contributed by atoms with Crippen LogP contribution in [-0.4, -0.2) is 31.1 Å². The Morgan fingerprint density at radius 2 is 2.06 bits per heavy atom. The number of benzene rings is 1. The van der Waals surface area contributed by atoms with E-state index < -0.39 is 0 Å². The van der Waals surface area contributed by atoms with Crippen LogP contribution in [0.3, 0.4) is 0 Å². The number of halogens is 1. The summed E-state index contributed by atoms with van der Waals surface area (Å²) < 4.78 is 1.02. The molecule has 4 heteroatoms. The summed E-state index contributed by atoms with van der Waals surface area (Å²) in [6.45, 7) is 8.66. The summed E-state index contributed by atoms with van der Waals surface area (Å²) >= 11 is 3.40. The smallest absolute Gasteiger partial charge is 0.0575 e. The molecule has 3 N–H and O–H groups in total. The maximum Gasteiger partial charge on any atom is 0.0575 e. The summed E-state index contributed by atoms with van der Waals surface area (Å²) in [6, 6.07) is 5.93. The number of hydrogen-bond donors (Lipinski definition) is 2. The lowest BCUT2D eigenvalue weighted by Gasteiger charge is -2.20. The van der Waals surface area contributed by atoms with E-state index in [9.17, 15) is 0 Å². The summed E-state index contributed by atoms with van der Waals surface area (Å²) in [4.78, 5) is 2.43. The van der Waals surface area contributed by atoms with Gasteiger partial charge in [-0.2, -0.15) is 0 Å². The molecule has 0 amide bonds. The van der Waals surface area contributed by atoms with Gasteiger partial charge in [-0.15, -0.1) is 0 Å². The number of nitrogen functional groups attached to an aromatic ring is 1. The van der Waals surface area contributed by atoms with E-state index in [1.807, 2.05) is 18.2 Å². The highest BCUT2D eigenvalue weighted by Crippen LogP contribution is 2.22. The molecule has 1 rings (SSSR count). The molecule has 0 aromatic heterocycles. The van der Waals surface area contributed by atoms with Crippen LogP contribution in [0.4, 0.5) is 11.4 Å². The normalized spacial score (nSPS) is 10.8. The average Bonchev–Trinajstić information content (AvgIpc) is 2.30. The fourth-order valence-corrected chi connectivity index (χ4v) is 2.17. The highest BCUT2D eigenvalue weighted by atomic mass is 79.9. The van der Waals surface area contributed by atoms with Gasteiger partial charge in [0.05, 0.1) is 11.4 Å². The van der Waals surface area contributed by atoms with E-state index >= 15 is 0 Å². The number of nitrogens with zero attached hydrogens (tertiary/aromatic N) is 1. The Morgan fingerprint density at radius 3 is 2.65 bits per heavy atom. The van der Waals surface area contributed by atoms with Gasteiger partial charge in [-0.1, -0.05) is 29.8 Å². The van der Waals surface area contributed by atoms with Gasteiger partial charge in [0.2, 0.25) is 0 Å². The third kappa shape index (κ3) is 4.96. The van der Waals surface area contributed by atoms with Crippen LogP contribution >= 0.6 is 15.9 Å². The number of anilines is 2. The van der Waals surface area contributed by atoms with Gasteiger partial charge in [-0.3, -0.25) is 0 Å². The van der Waals surface area contributed by atoms with Crippen molar-refractivity contribution in [3.63, 3.8) is 0 Å². The molecule has 1 aromatic carbocycles. The molecule has 0 unspecified atom stereocenters. The largest absolute Gasteiger partial charge is 0.397 e. The number of likely N-dealkylation sites (N-methyl/N-ethyl adjacent to an activating group) is 1. The molecular formula is C13H22BrN3. The molecule has 0 aliphatic heterocycles. The predicted octanol–water partition coefficient (Wildman–Crippen LogP) is 3.18. The number of rotatable bonds is 7. The molecule has 0 radical (unpaired) electrons. The maximum absolute atomic E-state index is 5.92. The molecule has 3 nitrogen and oxygen atoms in total. The molecule has 17 heavy (non-hydrogen) atoms. The first kappa shape index (κ1) is 14.3. The highest BCUT2D eigenvalue weighted by molar-refractivity contribution is 9.10. The summed E-state index contributed by atoms with van der Waals surface area (Å²) in [6.07, 6.45) is 1.20. The quantitative estimate of drug-likeness (QED) is 0.760. The Balaban J connectivity index is 2.39. The molecule has 1 aromatic rings. The zero-order valence-electron chi connectivity index (χ0n) is 10.7. The van der Waals surface area contributed by atoms with Crippen molar-refractivity contribution in [3.05, 3.63) is 22.7 Å². The maximum atomic E-state index is 5.92. The van der Waals surface area contributed by atoms with Gasteiger partial charge in [-0.25, -0.2) is 0 Å². The lowest BCUT2D eigenvalue weighted by molar-refractivity contribution is 0.300. The lowest BCUT2D eigenvalue weighted by Crippen LogP contribution is -2.29. The number of nitrogens with one attached hydrogen (secondary N) is 1. The molecule has 0 aliphatic rings. The van der Waals surface area contributed by atoms with Crippen LogP contribution in [0.1, 0.15) is 20.3 Å². The summed E-state index contributed by atoms with van der Waals surface area (Å²) in [7, 11) is 0. The van der Waals surface area contributed by atoms with E-state index in [2.05, 4.69) is 40.0 Å². The summed E-state index contributed by atoms with van der Waals surface area (Å²) in [5, 5.41) is 3.38. The van der Waals surface area contributed by atoms with E-state index in [0.717, 1.165) is 42.0 Å². The van der Waals surface area contributed by atoms with Crippen molar-refractivity contribution in [1.82, 2.24) is 4.90 Å². The van der Waals surface area contributed by atoms with E-state index in [4.69, 9.17) is 5.73 Å². The Bertz CT molecular complexity index is 341. The molecule has 0 saturated carbocycles. The van der Waals surface area contributed by atoms with E-state index in [1.54, 1.807) is 0 Å². The van der Waals surface area contributed by atoms with Crippen LogP contribution in [0.15, 0.2) is 22.7 Å². The van der Waals surface area contributed by atoms with Crippen molar-refractivity contribution in [3.8, 4) is 0 Å². The highest BCUT2D eigenvalue weighted by Gasteiger charge is 2.02. The first-order valence-corrected chi connectivity index (χ1v) is 6.98. The van der Waals surface area contributed by atoms with Crippen molar-refractivity contribution in [2.45, 2.75) is 20.3 Å². The first-order valence-electron chi connectivity index (χ1n) is 6.18. The molecule has 0 fully saturated rings. The standard InChI is InChI=1S/C13H22BrN3/c1-3-8-17(4-2)9-7-16-13-6-5-11(14)10-12(13)15/h5-6,10,16H,3-4,7-9,15H2,1-2H3. The minimum Gasteiger partial charge on any atom is -0.397 e. The second-order valence-electron chi connectivity index (χ2n) is 4.09. The Hall–Kier alpha value is -0.740. The zero-order chi connectivity index (χ0) is 12.7. The Labute approximate surface area is 113 Å². The fourth-order valence-electron chi connectivity index (χ4n) is 1.79. The molecule has 0 heterocycles. The monoisotopic (exact) mass is 299 g/mol. The predicted molar refractivity (Wildman–Crippen MR) is 79.4 cm³/mol. The van der Waals surface area contributed by atoms with Crippen molar-refractivity contribution in [1.29, 1.82) is 0 Å². The number of hydrogen-bond acceptors (Lipinski definition) is 3. The fraction of sp³-hybridized carbons (Fsp3) is 0.538. The van der Waals surface area contributed by atoms with Gasteiger partial charge >= 0.3 is 0 Å². The van der Waals surface area contributed by atoms with E-state index in [1.165, 1.54) is 6.42 Å². The third-order valence-electron chi connectivity index (χ3n) is 2.74. The molecule has 0 bridgehead atoms. The van der Waals surface area contributed by atoms with Crippen molar-refractivity contribution < 1.29 is 0 Å². The van der Waals surface area contributed by atoms with Crippen LogP contribution in [0.2, 0.25) is 0 Å². The second-order valence-corrected chi connectivity index (χ2v) is 5.01. The molecule has 0 spiro atoms. The zero-order valence-corrected chi connectivity index (χ0v) is 12.3. The number of nitrogens with two attached hydrogens (primary N) is 1. The SMILES string of the molecule is CCCN(CC)CCNc1ccc(Br)cc1N. The Morgan fingerprint density at radius 1 is 1.29 bits per heavy atom. The minimum atomic E-state index is 0.790. The van der Waals surface area contributed by atoms with Gasteiger partial charge in [-0.05, 0) is 37.7 Å². The van der Waals surface area contributed by atoms with Gasteiger partial charge in [0.25, 0.3) is 0 Å². The van der Waals surface area contributed by atoms with Gasteiger partial charge in [0.1, 0.15) is 0 Å². The lowest BCUT2D eigenvalue weighted by atomic mass is 10.2. The van der Waals surface area contributed by atoms with Crippen LogP contribution in [0.25, 0.3) is 0 Å². The molecule has 0 aliphatic carbocycles. The van der Waals surface area contributed by atoms with Crippen LogP contribution < -0.4 is 11.1 Å². The van der Waals surface area contributed by atoms with E-state index in [0.29, 0.717) is 0 Å². The van der Waals surface area contributed by atoms with Crippen molar-refractivity contribution >= 4 is 27.3 Å². The van der Waals surface area contributed by atoms with Gasteiger partial charge in [0, 0.05) is 17.6 Å². The Kier molecular flexibility index (Phi) is 6.37. The molecular weight excluding hydrogens is 278 g/mol. The summed E-state index contributed by atoms with van der Waals surface area (Å²) in [5.41, 5.74) is 7.73. The first-order chi connectivity index (χ1) is 8.17. The van der Waals surface area contributed by atoms with Crippen LogP contribution in [0, 0.1) is 0 Å². The topological polar surface area (TPSA) is 41.3 Å². The van der Waals surface area contributed by atoms with E-state index in [-0.39, 0.29) is 0 Å². The molecule has 0 atom stereocenters. The average molecular weight is 300 g/mol. The van der Waals surface area contributed by atoms with Gasteiger partial charge in [0.15, 0.2) is 0 Å². The van der Waals surface area contributed by atoms with Crippen LogP contribution in [0.5, 0.6) is 0 Å². The third-order valence-corrected chi connectivity index (χ3v) is 3.24.